The van der Waals surface area contributed by atoms with E-state index in [0.29, 0.717) is 12.1 Å². The number of hydrogen-bond acceptors (Lipinski definition) is 4. The number of nitrogens with zero attached hydrogens (tertiary/aromatic N) is 2. The molecule has 1 heterocycles. The molecule has 2 aromatic carbocycles. The number of amides is 1. The SMILES string of the molecule is CCn1cc(C(=O)N[C@H](C)CCc2ccccc2)c(=O)c2cc(S(=O)(=O)N(C)C)ccc21. The Balaban J connectivity index is 1.92. The molecule has 0 aliphatic heterocycles. The summed E-state index contributed by atoms with van der Waals surface area (Å²) >= 11 is 0. The highest BCUT2D eigenvalue weighted by Crippen LogP contribution is 2.20. The van der Waals surface area contributed by atoms with Crippen LogP contribution in [0.25, 0.3) is 10.9 Å². The van der Waals surface area contributed by atoms with Crippen LogP contribution in [0, 0.1) is 0 Å². The van der Waals surface area contributed by atoms with Gasteiger partial charge in [0.2, 0.25) is 15.5 Å². The molecule has 3 aromatic rings. The maximum atomic E-state index is 13.2. The van der Waals surface area contributed by atoms with E-state index < -0.39 is 21.4 Å². The highest BCUT2D eigenvalue weighted by Gasteiger charge is 2.21. The first-order chi connectivity index (χ1) is 15.1. The average molecular weight is 456 g/mol. The van der Waals surface area contributed by atoms with Crippen molar-refractivity contribution in [3.63, 3.8) is 0 Å². The molecule has 0 radical (unpaired) electrons. The van der Waals surface area contributed by atoms with E-state index in [1.165, 1.54) is 31.8 Å². The van der Waals surface area contributed by atoms with E-state index in [2.05, 4.69) is 5.32 Å². The van der Waals surface area contributed by atoms with Gasteiger partial charge in [-0.2, -0.15) is 0 Å². The lowest BCUT2D eigenvalue weighted by Gasteiger charge is -2.17. The maximum absolute atomic E-state index is 13.2. The van der Waals surface area contributed by atoms with Gasteiger partial charge in [0, 0.05) is 38.3 Å². The van der Waals surface area contributed by atoms with Gasteiger partial charge >= 0.3 is 0 Å². The Bertz CT molecular complexity index is 1280. The number of sulfonamides is 1. The zero-order valence-electron chi connectivity index (χ0n) is 18.8. The summed E-state index contributed by atoms with van der Waals surface area (Å²) in [4.78, 5) is 26.1. The van der Waals surface area contributed by atoms with Crippen molar-refractivity contribution in [3.8, 4) is 0 Å². The van der Waals surface area contributed by atoms with E-state index in [1.807, 2.05) is 44.2 Å². The fourth-order valence-electron chi connectivity index (χ4n) is 3.57. The molecule has 0 fully saturated rings. The van der Waals surface area contributed by atoms with Crippen LogP contribution in [0.5, 0.6) is 0 Å². The highest BCUT2D eigenvalue weighted by atomic mass is 32.2. The first kappa shape index (κ1) is 23.7. The minimum atomic E-state index is -3.71. The van der Waals surface area contributed by atoms with Gasteiger partial charge in [-0.1, -0.05) is 30.3 Å². The summed E-state index contributed by atoms with van der Waals surface area (Å²) < 4.78 is 27.9. The van der Waals surface area contributed by atoms with Crippen LogP contribution in [0.3, 0.4) is 0 Å². The summed E-state index contributed by atoms with van der Waals surface area (Å²) in [6.45, 7) is 4.33. The van der Waals surface area contributed by atoms with Gasteiger partial charge in [-0.3, -0.25) is 9.59 Å². The van der Waals surface area contributed by atoms with Gasteiger partial charge in [0.05, 0.1) is 10.4 Å². The molecule has 32 heavy (non-hydrogen) atoms. The minimum Gasteiger partial charge on any atom is -0.349 e. The molecule has 1 aromatic heterocycles. The van der Waals surface area contributed by atoms with Crippen molar-refractivity contribution in [3.05, 3.63) is 76.1 Å². The fraction of sp³-hybridized carbons (Fsp3) is 0.333. The number of aromatic nitrogens is 1. The number of nitrogens with one attached hydrogen (secondary N) is 1. The lowest BCUT2D eigenvalue weighted by molar-refractivity contribution is 0.0937. The Labute approximate surface area is 188 Å². The molecule has 0 unspecified atom stereocenters. The molecule has 0 saturated heterocycles. The number of pyridine rings is 1. The van der Waals surface area contributed by atoms with Crippen LogP contribution in [0.4, 0.5) is 0 Å². The molecule has 170 valence electrons. The lowest BCUT2D eigenvalue weighted by Crippen LogP contribution is -2.36. The van der Waals surface area contributed by atoms with Crippen molar-refractivity contribution >= 4 is 26.8 Å². The third-order valence-corrected chi connectivity index (χ3v) is 7.31. The van der Waals surface area contributed by atoms with E-state index in [-0.39, 0.29) is 21.9 Å². The number of hydrogen-bond donors (Lipinski definition) is 1. The summed E-state index contributed by atoms with van der Waals surface area (Å²) in [6, 6.07) is 14.3. The summed E-state index contributed by atoms with van der Waals surface area (Å²) in [7, 11) is -0.836. The van der Waals surface area contributed by atoms with E-state index in [0.717, 1.165) is 17.1 Å². The number of aryl methyl sites for hydroxylation is 2. The second-order valence-electron chi connectivity index (χ2n) is 8.02. The first-order valence-corrected chi connectivity index (χ1v) is 12.0. The van der Waals surface area contributed by atoms with E-state index in [4.69, 9.17) is 0 Å². The predicted octanol–water partition coefficient (Wildman–Crippen LogP) is 3.02. The molecule has 0 bridgehead atoms. The molecule has 0 aliphatic carbocycles. The van der Waals surface area contributed by atoms with E-state index in [9.17, 15) is 18.0 Å². The topological polar surface area (TPSA) is 88.5 Å². The van der Waals surface area contributed by atoms with Crippen LogP contribution in [-0.4, -0.2) is 43.3 Å². The Hall–Kier alpha value is -2.97. The third kappa shape index (κ3) is 4.92. The predicted molar refractivity (Wildman–Crippen MR) is 126 cm³/mol. The van der Waals surface area contributed by atoms with Gasteiger partial charge in [0.15, 0.2) is 0 Å². The van der Waals surface area contributed by atoms with Crippen LogP contribution in [0.15, 0.2) is 64.4 Å². The minimum absolute atomic E-state index is 0.00492. The standard InChI is InChI=1S/C24H29N3O4S/c1-5-27-16-21(24(29)25-17(2)11-12-18-9-7-6-8-10-18)23(28)20-15-19(13-14-22(20)27)32(30,31)26(3)4/h6-10,13-17H,5,11-12H2,1-4H3,(H,25,29)/t17-/m1/s1. The van der Waals surface area contributed by atoms with Gasteiger partial charge < -0.3 is 9.88 Å². The Morgan fingerprint density at radius 2 is 1.81 bits per heavy atom. The molecule has 0 aliphatic rings. The van der Waals surface area contributed by atoms with Crippen LogP contribution in [-0.2, 0) is 23.0 Å². The third-order valence-electron chi connectivity index (χ3n) is 5.50. The quantitative estimate of drug-likeness (QED) is 0.566. The number of fused-ring (bicyclic) bond motifs is 1. The highest BCUT2D eigenvalue weighted by molar-refractivity contribution is 7.89. The van der Waals surface area contributed by atoms with Gasteiger partial charge in [0.1, 0.15) is 5.56 Å². The van der Waals surface area contributed by atoms with Crippen molar-refractivity contribution in [2.24, 2.45) is 0 Å². The first-order valence-electron chi connectivity index (χ1n) is 10.6. The van der Waals surface area contributed by atoms with E-state index >= 15 is 0 Å². The van der Waals surface area contributed by atoms with Crippen LogP contribution in [0.2, 0.25) is 0 Å². The maximum Gasteiger partial charge on any atom is 0.256 e. The second-order valence-corrected chi connectivity index (χ2v) is 10.2. The number of benzene rings is 2. The number of rotatable bonds is 8. The summed E-state index contributed by atoms with van der Waals surface area (Å²) in [6.07, 6.45) is 3.09. The van der Waals surface area contributed by atoms with Gasteiger partial charge in [-0.05, 0) is 50.5 Å². The second kappa shape index (κ2) is 9.67. The summed E-state index contributed by atoms with van der Waals surface area (Å²) in [5, 5.41) is 3.12. The summed E-state index contributed by atoms with van der Waals surface area (Å²) in [5.41, 5.74) is 1.30. The lowest BCUT2D eigenvalue weighted by atomic mass is 10.1. The molecule has 7 nitrogen and oxygen atoms in total. The summed E-state index contributed by atoms with van der Waals surface area (Å²) in [5.74, 6) is -0.458. The molecular formula is C24H29N3O4S. The van der Waals surface area contributed by atoms with Crippen molar-refractivity contribution in [1.82, 2.24) is 14.2 Å². The molecule has 1 amide bonds. The van der Waals surface area contributed by atoms with Crippen LogP contribution < -0.4 is 10.7 Å². The zero-order valence-corrected chi connectivity index (χ0v) is 19.6. The largest absolute Gasteiger partial charge is 0.349 e. The molecule has 0 saturated carbocycles. The van der Waals surface area contributed by atoms with Crippen molar-refractivity contribution in [2.75, 3.05) is 14.1 Å². The Morgan fingerprint density at radius 3 is 2.44 bits per heavy atom. The monoisotopic (exact) mass is 455 g/mol. The normalized spacial score (nSPS) is 12.8. The van der Waals surface area contributed by atoms with Crippen molar-refractivity contribution in [2.45, 2.75) is 44.2 Å². The van der Waals surface area contributed by atoms with Crippen LogP contribution >= 0.6 is 0 Å². The number of carbonyl (C=O) groups is 1. The average Bonchev–Trinajstić information content (AvgIpc) is 2.78. The molecular weight excluding hydrogens is 426 g/mol. The van der Waals surface area contributed by atoms with Gasteiger partial charge in [0.25, 0.3) is 5.91 Å². The Morgan fingerprint density at radius 1 is 1.12 bits per heavy atom. The fourth-order valence-corrected chi connectivity index (χ4v) is 4.50. The molecule has 8 heteroatoms. The van der Waals surface area contributed by atoms with Gasteiger partial charge in [-0.25, -0.2) is 12.7 Å². The van der Waals surface area contributed by atoms with Crippen molar-refractivity contribution in [1.29, 1.82) is 0 Å². The Kier molecular flexibility index (Phi) is 7.16. The van der Waals surface area contributed by atoms with Crippen LogP contribution in [0.1, 0.15) is 36.2 Å². The number of carbonyl (C=O) groups excluding carboxylic acids is 1. The molecule has 3 rings (SSSR count). The molecule has 1 atom stereocenters. The molecule has 0 spiro atoms. The molecule has 1 N–H and O–H groups in total. The van der Waals surface area contributed by atoms with Gasteiger partial charge in [-0.15, -0.1) is 0 Å². The smallest absolute Gasteiger partial charge is 0.256 e. The zero-order chi connectivity index (χ0) is 23.5. The van der Waals surface area contributed by atoms with E-state index in [1.54, 1.807) is 16.8 Å². The van der Waals surface area contributed by atoms with Crippen molar-refractivity contribution < 1.29 is 13.2 Å².